The van der Waals surface area contributed by atoms with E-state index in [4.69, 9.17) is 0 Å². The number of thiophene rings is 1. The lowest BCUT2D eigenvalue weighted by Crippen LogP contribution is -1.98. The van der Waals surface area contributed by atoms with Gasteiger partial charge >= 0.3 is 0 Å². The monoisotopic (exact) mass is 313 g/mol. The molecule has 1 N–H and O–H groups in total. The highest BCUT2D eigenvalue weighted by atomic mass is 79.9. The highest BCUT2D eigenvalue weighted by Crippen LogP contribution is 2.27. The Bertz CT molecular complexity index is 517. The molecule has 1 aromatic carbocycles. The van der Waals surface area contributed by atoms with Gasteiger partial charge in [-0.25, -0.2) is 4.39 Å². The van der Waals surface area contributed by atoms with E-state index in [2.05, 4.69) is 34.2 Å². The molecule has 2 rings (SSSR count). The van der Waals surface area contributed by atoms with Gasteiger partial charge in [0.2, 0.25) is 0 Å². The maximum Gasteiger partial charge on any atom is 0.128 e. The number of hydrogen-bond acceptors (Lipinski definition) is 2. The van der Waals surface area contributed by atoms with Crippen LogP contribution in [0.2, 0.25) is 0 Å². The summed E-state index contributed by atoms with van der Waals surface area (Å²) in [6.45, 7) is 4.56. The molecule has 0 radical (unpaired) electrons. The zero-order chi connectivity index (χ0) is 12.4. The van der Waals surface area contributed by atoms with Gasteiger partial charge in [-0.2, -0.15) is 0 Å². The van der Waals surface area contributed by atoms with Gasteiger partial charge in [0.05, 0.1) is 0 Å². The van der Waals surface area contributed by atoms with Gasteiger partial charge in [-0.05, 0) is 53.5 Å². The van der Waals surface area contributed by atoms with Gasteiger partial charge in [0.15, 0.2) is 0 Å². The number of halogens is 2. The third kappa shape index (κ3) is 3.07. The summed E-state index contributed by atoms with van der Waals surface area (Å²) in [6.07, 6.45) is 0. The Balaban J connectivity index is 2.04. The van der Waals surface area contributed by atoms with Crippen LogP contribution in [0, 0.1) is 19.7 Å². The van der Waals surface area contributed by atoms with E-state index in [-0.39, 0.29) is 5.82 Å². The lowest BCUT2D eigenvalue weighted by Gasteiger charge is -2.05. The van der Waals surface area contributed by atoms with Gasteiger partial charge in [0, 0.05) is 26.5 Å². The summed E-state index contributed by atoms with van der Waals surface area (Å²) in [5, 5.41) is 3.22. The molecule has 2 aromatic rings. The van der Waals surface area contributed by atoms with Gasteiger partial charge in [-0.3, -0.25) is 0 Å². The van der Waals surface area contributed by atoms with Crippen LogP contribution in [0.1, 0.15) is 15.3 Å². The van der Waals surface area contributed by atoms with Gasteiger partial charge < -0.3 is 5.32 Å². The molecule has 0 bridgehead atoms. The fourth-order valence-corrected chi connectivity index (χ4v) is 3.04. The summed E-state index contributed by atoms with van der Waals surface area (Å²) >= 11 is 5.22. The second kappa shape index (κ2) is 5.19. The van der Waals surface area contributed by atoms with Crippen molar-refractivity contribution in [3.05, 3.63) is 49.9 Å². The molecule has 1 nitrogen and oxygen atoms in total. The van der Waals surface area contributed by atoms with Gasteiger partial charge in [0.1, 0.15) is 5.82 Å². The number of anilines is 1. The summed E-state index contributed by atoms with van der Waals surface area (Å²) in [4.78, 5) is 2.49. The Morgan fingerprint density at radius 1 is 1.29 bits per heavy atom. The van der Waals surface area contributed by atoms with Crippen molar-refractivity contribution in [1.29, 1.82) is 0 Å². The van der Waals surface area contributed by atoms with Crippen molar-refractivity contribution in [2.45, 2.75) is 20.4 Å². The van der Waals surface area contributed by atoms with E-state index < -0.39 is 0 Å². The van der Waals surface area contributed by atoms with Crippen LogP contribution < -0.4 is 5.32 Å². The van der Waals surface area contributed by atoms with Crippen LogP contribution in [0.15, 0.2) is 28.7 Å². The SMILES string of the molecule is Cc1ccc(NCc2cc(Br)c(C)s2)cc1F. The summed E-state index contributed by atoms with van der Waals surface area (Å²) in [7, 11) is 0. The molecular weight excluding hydrogens is 301 g/mol. The highest BCUT2D eigenvalue weighted by Gasteiger charge is 2.03. The maximum absolute atomic E-state index is 13.3. The third-order valence-corrected chi connectivity index (χ3v) is 4.68. The molecule has 0 aliphatic rings. The van der Waals surface area contributed by atoms with Crippen molar-refractivity contribution in [3.8, 4) is 0 Å². The van der Waals surface area contributed by atoms with Crippen LogP contribution >= 0.6 is 27.3 Å². The number of rotatable bonds is 3. The quantitative estimate of drug-likeness (QED) is 0.851. The van der Waals surface area contributed by atoms with E-state index in [1.807, 2.05) is 6.07 Å². The summed E-state index contributed by atoms with van der Waals surface area (Å²) in [5.41, 5.74) is 1.49. The molecule has 0 saturated heterocycles. The van der Waals surface area contributed by atoms with Crippen molar-refractivity contribution >= 4 is 33.0 Å². The normalized spacial score (nSPS) is 10.6. The Morgan fingerprint density at radius 3 is 2.65 bits per heavy atom. The lowest BCUT2D eigenvalue weighted by atomic mass is 10.2. The van der Waals surface area contributed by atoms with E-state index in [1.165, 1.54) is 15.8 Å². The molecule has 0 aliphatic heterocycles. The molecular formula is C13H13BrFNS. The van der Waals surface area contributed by atoms with E-state index in [1.54, 1.807) is 24.3 Å². The Morgan fingerprint density at radius 2 is 2.06 bits per heavy atom. The predicted molar refractivity (Wildman–Crippen MR) is 75.2 cm³/mol. The summed E-state index contributed by atoms with van der Waals surface area (Å²) in [6, 6.07) is 7.31. The maximum atomic E-state index is 13.3. The van der Waals surface area contributed by atoms with Crippen LogP contribution in [-0.2, 0) is 6.54 Å². The average molecular weight is 314 g/mol. The molecule has 1 aromatic heterocycles. The van der Waals surface area contributed by atoms with Crippen molar-refractivity contribution in [3.63, 3.8) is 0 Å². The molecule has 17 heavy (non-hydrogen) atoms. The van der Waals surface area contributed by atoms with E-state index in [9.17, 15) is 4.39 Å². The molecule has 0 fully saturated rings. The molecule has 0 saturated carbocycles. The first-order chi connectivity index (χ1) is 8.06. The molecule has 4 heteroatoms. The van der Waals surface area contributed by atoms with E-state index >= 15 is 0 Å². The minimum Gasteiger partial charge on any atom is -0.380 e. The molecule has 0 aliphatic carbocycles. The van der Waals surface area contributed by atoms with E-state index in [0.29, 0.717) is 5.56 Å². The molecule has 0 spiro atoms. The summed E-state index contributed by atoms with van der Waals surface area (Å²) < 4.78 is 14.5. The fourth-order valence-electron chi connectivity index (χ4n) is 1.50. The zero-order valence-corrected chi connectivity index (χ0v) is 12.1. The second-order valence-electron chi connectivity index (χ2n) is 3.93. The number of hydrogen-bond donors (Lipinski definition) is 1. The molecule has 1 heterocycles. The first kappa shape index (κ1) is 12.6. The predicted octanol–water partition coefficient (Wildman–Crippen LogP) is 4.88. The van der Waals surface area contributed by atoms with Crippen LogP contribution in [-0.4, -0.2) is 0 Å². The summed E-state index contributed by atoms with van der Waals surface area (Å²) in [5.74, 6) is -0.168. The van der Waals surface area contributed by atoms with Crippen LogP contribution in [0.25, 0.3) is 0 Å². The zero-order valence-electron chi connectivity index (χ0n) is 9.68. The van der Waals surface area contributed by atoms with Gasteiger partial charge in [-0.1, -0.05) is 6.07 Å². The van der Waals surface area contributed by atoms with Crippen LogP contribution in [0.3, 0.4) is 0 Å². The molecule has 0 amide bonds. The molecule has 90 valence electrons. The fraction of sp³-hybridized carbons (Fsp3) is 0.231. The lowest BCUT2D eigenvalue weighted by molar-refractivity contribution is 0.619. The van der Waals surface area contributed by atoms with E-state index in [0.717, 1.165) is 16.7 Å². The Kier molecular flexibility index (Phi) is 3.84. The van der Waals surface area contributed by atoms with Gasteiger partial charge in [0.25, 0.3) is 0 Å². The second-order valence-corrected chi connectivity index (χ2v) is 6.13. The smallest absolute Gasteiger partial charge is 0.128 e. The van der Waals surface area contributed by atoms with Crippen molar-refractivity contribution in [1.82, 2.24) is 0 Å². The minimum atomic E-state index is -0.168. The topological polar surface area (TPSA) is 12.0 Å². The number of benzene rings is 1. The largest absolute Gasteiger partial charge is 0.380 e. The molecule has 0 atom stereocenters. The minimum absolute atomic E-state index is 0.168. The first-order valence-corrected chi connectivity index (χ1v) is 6.92. The van der Waals surface area contributed by atoms with Crippen LogP contribution in [0.4, 0.5) is 10.1 Å². The standard InChI is InChI=1S/C13H13BrFNS/c1-8-3-4-10(5-13(8)15)16-7-11-6-12(14)9(2)17-11/h3-6,16H,7H2,1-2H3. The Labute approximate surface area is 113 Å². The highest BCUT2D eigenvalue weighted by molar-refractivity contribution is 9.10. The Hall–Kier alpha value is -0.870. The third-order valence-electron chi connectivity index (χ3n) is 2.55. The average Bonchev–Trinajstić information content (AvgIpc) is 2.60. The van der Waals surface area contributed by atoms with Crippen molar-refractivity contribution < 1.29 is 4.39 Å². The van der Waals surface area contributed by atoms with Crippen LogP contribution in [0.5, 0.6) is 0 Å². The van der Waals surface area contributed by atoms with Gasteiger partial charge in [-0.15, -0.1) is 11.3 Å². The van der Waals surface area contributed by atoms with Crippen molar-refractivity contribution in [2.24, 2.45) is 0 Å². The number of nitrogens with one attached hydrogen (secondary N) is 1. The first-order valence-electron chi connectivity index (χ1n) is 5.31. The van der Waals surface area contributed by atoms with Crippen molar-refractivity contribution in [2.75, 3.05) is 5.32 Å². The molecule has 0 unspecified atom stereocenters. The number of aryl methyl sites for hydroxylation is 2.